The van der Waals surface area contributed by atoms with Crippen LogP contribution in [0.25, 0.3) is 38.5 Å². The SMILES string of the molecule is Cc1ccnc(-n2c3[c-]c(Sc4ccc5cccc(O)c5n4)ccc3c3ccccc32)c1C.[Pt]. The fourth-order valence-electron chi connectivity index (χ4n) is 4.28. The second-order valence-corrected chi connectivity index (χ2v) is 9.18. The van der Waals surface area contributed by atoms with Crippen molar-refractivity contribution in [1.82, 2.24) is 14.5 Å². The zero-order valence-electron chi connectivity index (χ0n) is 18.5. The van der Waals surface area contributed by atoms with Crippen LogP contribution in [0.3, 0.4) is 0 Å². The molecule has 0 aliphatic rings. The van der Waals surface area contributed by atoms with E-state index in [2.05, 4.69) is 65.9 Å². The Labute approximate surface area is 215 Å². The van der Waals surface area contributed by atoms with Gasteiger partial charge >= 0.3 is 0 Å². The van der Waals surface area contributed by atoms with Crippen molar-refractivity contribution in [3.63, 3.8) is 0 Å². The Morgan fingerprint density at radius 2 is 1.74 bits per heavy atom. The molecule has 0 aliphatic carbocycles. The van der Waals surface area contributed by atoms with Crippen molar-refractivity contribution >= 4 is 44.5 Å². The second kappa shape index (κ2) is 8.90. The van der Waals surface area contributed by atoms with E-state index in [1.807, 2.05) is 36.5 Å². The van der Waals surface area contributed by atoms with Crippen molar-refractivity contribution in [2.75, 3.05) is 0 Å². The first-order valence-electron chi connectivity index (χ1n) is 10.7. The molecule has 0 spiro atoms. The number of aromatic hydroxyl groups is 1. The molecule has 0 bridgehead atoms. The Morgan fingerprint density at radius 3 is 2.62 bits per heavy atom. The molecule has 6 rings (SSSR count). The maximum atomic E-state index is 10.2. The zero-order valence-corrected chi connectivity index (χ0v) is 21.6. The second-order valence-electron chi connectivity index (χ2n) is 8.11. The molecule has 0 saturated heterocycles. The Kier molecular flexibility index (Phi) is 5.93. The monoisotopic (exact) mass is 641 g/mol. The summed E-state index contributed by atoms with van der Waals surface area (Å²) in [6.07, 6.45) is 1.86. The van der Waals surface area contributed by atoms with Crippen LogP contribution in [0.5, 0.6) is 5.75 Å². The molecule has 3 aromatic heterocycles. The molecular formula is C28H20N3OPtS-. The van der Waals surface area contributed by atoms with Crippen molar-refractivity contribution in [1.29, 1.82) is 0 Å². The average Bonchev–Trinajstić information content (AvgIpc) is 3.15. The number of para-hydroxylation sites is 2. The third-order valence-corrected chi connectivity index (χ3v) is 7.00. The van der Waals surface area contributed by atoms with Gasteiger partial charge in [0.05, 0.1) is 5.03 Å². The predicted molar refractivity (Wildman–Crippen MR) is 134 cm³/mol. The van der Waals surface area contributed by atoms with Gasteiger partial charge in [-0.2, -0.15) is 12.1 Å². The number of phenols is 1. The van der Waals surface area contributed by atoms with Gasteiger partial charge in [0.2, 0.25) is 0 Å². The third kappa shape index (κ3) is 3.69. The molecule has 0 aliphatic heterocycles. The molecule has 0 saturated carbocycles. The van der Waals surface area contributed by atoms with Crippen LogP contribution in [0.4, 0.5) is 0 Å². The maximum absolute atomic E-state index is 10.2. The average molecular weight is 642 g/mol. The Hall–Kier alpha value is -3.14. The Balaban J connectivity index is 0.00000241. The normalized spacial score (nSPS) is 11.2. The number of hydrogen-bond donors (Lipinski definition) is 1. The van der Waals surface area contributed by atoms with E-state index in [0.29, 0.717) is 5.52 Å². The summed E-state index contributed by atoms with van der Waals surface area (Å²) < 4.78 is 2.21. The van der Waals surface area contributed by atoms with Gasteiger partial charge in [-0.05, 0) is 60.7 Å². The largest absolute Gasteiger partial charge is 0.506 e. The van der Waals surface area contributed by atoms with Crippen molar-refractivity contribution in [2.45, 2.75) is 23.8 Å². The molecule has 34 heavy (non-hydrogen) atoms. The molecule has 1 N–H and O–H groups in total. The summed E-state index contributed by atoms with van der Waals surface area (Å²) in [5.41, 5.74) is 5.07. The molecule has 0 atom stereocenters. The number of rotatable bonds is 3. The topological polar surface area (TPSA) is 50.9 Å². The van der Waals surface area contributed by atoms with Gasteiger partial charge in [0.1, 0.15) is 17.1 Å². The van der Waals surface area contributed by atoms with E-state index >= 15 is 0 Å². The molecular weight excluding hydrogens is 621 g/mol. The van der Waals surface area contributed by atoms with Crippen molar-refractivity contribution in [3.8, 4) is 11.6 Å². The predicted octanol–water partition coefficient (Wildman–Crippen LogP) is 7.00. The van der Waals surface area contributed by atoms with Crippen LogP contribution in [-0.2, 0) is 21.1 Å². The molecule has 4 nitrogen and oxygen atoms in total. The van der Waals surface area contributed by atoms with E-state index in [1.54, 1.807) is 6.07 Å². The zero-order chi connectivity index (χ0) is 22.5. The van der Waals surface area contributed by atoms with E-state index < -0.39 is 0 Å². The fourth-order valence-corrected chi connectivity index (χ4v) is 5.06. The van der Waals surface area contributed by atoms with E-state index in [9.17, 15) is 5.11 Å². The molecule has 6 aromatic rings. The van der Waals surface area contributed by atoms with Crippen LogP contribution >= 0.6 is 11.8 Å². The van der Waals surface area contributed by atoms with E-state index in [0.717, 1.165) is 43.1 Å². The molecule has 0 radical (unpaired) electrons. The van der Waals surface area contributed by atoms with Gasteiger partial charge in [0.25, 0.3) is 0 Å². The van der Waals surface area contributed by atoms with Crippen LogP contribution in [0, 0.1) is 19.9 Å². The molecule has 0 unspecified atom stereocenters. The number of nitrogens with zero attached hydrogens (tertiary/aromatic N) is 3. The van der Waals surface area contributed by atoms with Crippen LogP contribution in [-0.4, -0.2) is 19.6 Å². The number of hydrogen-bond acceptors (Lipinski definition) is 4. The third-order valence-electron chi connectivity index (χ3n) is 6.10. The number of benzene rings is 3. The molecule has 3 aromatic carbocycles. The van der Waals surface area contributed by atoms with Gasteiger partial charge in [-0.25, -0.2) is 9.97 Å². The fraction of sp³-hybridized carbons (Fsp3) is 0.0714. The van der Waals surface area contributed by atoms with Gasteiger partial charge in [-0.3, -0.25) is 0 Å². The summed E-state index contributed by atoms with van der Waals surface area (Å²) in [5, 5.41) is 14.3. The maximum Gasteiger partial charge on any atom is 0.141 e. The van der Waals surface area contributed by atoms with Crippen LogP contribution in [0.15, 0.2) is 88.9 Å². The summed E-state index contributed by atoms with van der Waals surface area (Å²) in [6, 6.07) is 27.7. The van der Waals surface area contributed by atoms with Gasteiger partial charge in [-0.15, -0.1) is 11.5 Å². The van der Waals surface area contributed by atoms with E-state index in [1.165, 1.54) is 22.7 Å². The molecule has 170 valence electrons. The molecule has 0 fully saturated rings. The van der Waals surface area contributed by atoms with Crippen LogP contribution in [0.1, 0.15) is 11.1 Å². The summed E-state index contributed by atoms with van der Waals surface area (Å²) in [4.78, 5) is 10.4. The van der Waals surface area contributed by atoms with Crippen LogP contribution < -0.4 is 0 Å². The quantitative estimate of drug-likeness (QED) is 0.212. The first-order chi connectivity index (χ1) is 16.1. The van der Waals surface area contributed by atoms with Gasteiger partial charge < -0.3 is 9.67 Å². The molecule has 0 amide bonds. The van der Waals surface area contributed by atoms with Gasteiger partial charge in [-0.1, -0.05) is 52.5 Å². The number of aryl methyl sites for hydroxylation is 1. The van der Waals surface area contributed by atoms with Crippen molar-refractivity contribution < 1.29 is 26.2 Å². The number of fused-ring (bicyclic) bond motifs is 4. The van der Waals surface area contributed by atoms with Crippen molar-refractivity contribution in [3.05, 3.63) is 96.2 Å². The minimum atomic E-state index is 0. The van der Waals surface area contributed by atoms with Crippen LogP contribution in [0.2, 0.25) is 0 Å². The standard InChI is InChI=1S/C28H20N3OS.Pt/c1-17-14-15-29-28(18(17)2)31-23-8-4-3-7-21(23)22-12-11-20(16-24(22)31)33-26-13-10-19-6-5-9-25(32)27(19)30-26;/h3-15,32H,1-2H3;/q-1;. The Morgan fingerprint density at radius 1 is 0.882 bits per heavy atom. The van der Waals surface area contributed by atoms with Gasteiger partial charge in [0, 0.05) is 38.2 Å². The number of pyridine rings is 2. The van der Waals surface area contributed by atoms with E-state index in [4.69, 9.17) is 4.98 Å². The first kappa shape index (κ1) is 22.6. The molecule has 6 heteroatoms. The first-order valence-corrected chi connectivity index (χ1v) is 11.6. The minimum absolute atomic E-state index is 0. The number of aromatic nitrogens is 3. The number of phenolic OH excluding ortho intramolecular Hbond substituents is 1. The minimum Gasteiger partial charge on any atom is -0.506 e. The Bertz CT molecular complexity index is 1690. The van der Waals surface area contributed by atoms with Gasteiger partial charge in [0.15, 0.2) is 0 Å². The summed E-state index contributed by atoms with van der Waals surface area (Å²) in [7, 11) is 0. The summed E-state index contributed by atoms with van der Waals surface area (Å²) in [5.74, 6) is 1.11. The van der Waals surface area contributed by atoms with E-state index in [-0.39, 0.29) is 26.8 Å². The van der Waals surface area contributed by atoms with Crippen molar-refractivity contribution in [2.24, 2.45) is 0 Å². The summed E-state index contributed by atoms with van der Waals surface area (Å²) in [6.45, 7) is 4.22. The smallest absolute Gasteiger partial charge is 0.141 e. The molecule has 3 heterocycles. The summed E-state index contributed by atoms with van der Waals surface area (Å²) >= 11 is 1.54.